The maximum Gasteiger partial charge on any atom is 0.252 e. The maximum atomic E-state index is 12.9. The van der Waals surface area contributed by atoms with Crippen molar-refractivity contribution in [1.29, 1.82) is 0 Å². The summed E-state index contributed by atoms with van der Waals surface area (Å²) in [6, 6.07) is 24.1. The lowest BCUT2D eigenvalue weighted by Gasteiger charge is -2.29. The summed E-state index contributed by atoms with van der Waals surface area (Å²) in [7, 11) is 0. The Morgan fingerprint density at radius 3 is 2.09 bits per heavy atom. The lowest BCUT2D eigenvalue weighted by molar-refractivity contribution is 0.0792. The van der Waals surface area contributed by atoms with Gasteiger partial charge in [-0.2, -0.15) is 0 Å². The predicted molar refractivity (Wildman–Crippen MR) is 124 cm³/mol. The van der Waals surface area contributed by atoms with Crippen molar-refractivity contribution in [3.05, 3.63) is 107 Å². The van der Waals surface area contributed by atoms with Crippen molar-refractivity contribution in [2.45, 2.75) is 32.0 Å². The van der Waals surface area contributed by atoms with Crippen LogP contribution in [0.4, 0.5) is 0 Å². The lowest BCUT2D eigenvalue weighted by atomic mass is 9.98. The number of piperidine rings is 1. The molecule has 0 aromatic heterocycles. The third kappa shape index (κ3) is 5.49. The Morgan fingerprint density at radius 2 is 1.41 bits per heavy atom. The van der Waals surface area contributed by atoms with Crippen molar-refractivity contribution >= 4 is 11.7 Å². The highest BCUT2D eigenvalue weighted by molar-refractivity contribution is 6.15. The molecule has 0 bridgehead atoms. The molecule has 0 spiro atoms. The van der Waals surface area contributed by atoms with Crippen LogP contribution in [0.5, 0.6) is 0 Å². The molecule has 164 valence electrons. The second-order valence-electron chi connectivity index (χ2n) is 8.25. The Morgan fingerprint density at radius 1 is 0.812 bits per heavy atom. The first-order valence-electron chi connectivity index (χ1n) is 11.1. The predicted octanol–water partition coefficient (Wildman–Crippen LogP) is 3.80. The van der Waals surface area contributed by atoms with E-state index in [0.29, 0.717) is 23.2 Å². The molecule has 1 aliphatic rings. The van der Waals surface area contributed by atoms with E-state index in [-0.39, 0.29) is 17.8 Å². The van der Waals surface area contributed by atoms with Gasteiger partial charge in [-0.25, -0.2) is 0 Å². The van der Waals surface area contributed by atoms with Gasteiger partial charge in [-0.3, -0.25) is 14.5 Å². The second kappa shape index (κ2) is 10.4. The van der Waals surface area contributed by atoms with Crippen LogP contribution >= 0.6 is 0 Å². The van der Waals surface area contributed by atoms with Crippen molar-refractivity contribution < 1.29 is 14.7 Å². The molecule has 2 N–H and O–H groups in total. The summed E-state index contributed by atoms with van der Waals surface area (Å²) in [5.41, 5.74) is 3.56. The number of benzene rings is 3. The van der Waals surface area contributed by atoms with Crippen molar-refractivity contribution in [1.82, 2.24) is 10.2 Å². The van der Waals surface area contributed by atoms with Crippen molar-refractivity contribution in [2.75, 3.05) is 13.1 Å². The summed E-state index contributed by atoms with van der Waals surface area (Å²) < 4.78 is 0. The normalized spacial score (nSPS) is 14.8. The molecule has 3 aromatic carbocycles. The summed E-state index contributed by atoms with van der Waals surface area (Å²) in [6.45, 7) is 3.09. The monoisotopic (exact) mass is 428 g/mol. The molecule has 1 saturated heterocycles. The quantitative estimate of drug-likeness (QED) is 0.562. The summed E-state index contributed by atoms with van der Waals surface area (Å²) in [5.74, 6) is -0.424. The van der Waals surface area contributed by atoms with Gasteiger partial charge in [0.05, 0.1) is 11.7 Å². The molecular weight excluding hydrogens is 400 g/mol. The molecule has 1 aliphatic heterocycles. The Kier molecular flexibility index (Phi) is 7.10. The van der Waals surface area contributed by atoms with E-state index in [9.17, 15) is 14.7 Å². The molecule has 0 atom stereocenters. The first kappa shape index (κ1) is 21.9. The number of likely N-dealkylation sites (tertiary alicyclic amines) is 1. The molecule has 0 unspecified atom stereocenters. The molecule has 1 amide bonds. The summed E-state index contributed by atoms with van der Waals surface area (Å²) in [5, 5.41) is 12.6. The fourth-order valence-corrected chi connectivity index (χ4v) is 4.00. The van der Waals surface area contributed by atoms with Crippen molar-refractivity contribution in [3.63, 3.8) is 0 Å². The second-order valence-corrected chi connectivity index (χ2v) is 8.25. The van der Waals surface area contributed by atoms with Crippen LogP contribution < -0.4 is 5.32 Å². The van der Waals surface area contributed by atoms with Gasteiger partial charge in [-0.15, -0.1) is 0 Å². The molecule has 5 heteroatoms. The minimum Gasteiger partial charge on any atom is -0.393 e. The third-order valence-corrected chi connectivity index (χ3v) is 5.89. The van der Waals surface area contributed by atoms with Crippen LogP contribution in [0.3, 0.4) is 0 Å². The topological polar surface area (TPSA) is 69.6 Å². The van der Waals surface area contributed by atoms with E-state index in [0.717, 1.165) is 38.0 Å². The van der Waals surface area contributed by atoms with Gasteiger partial charge in [0.25, 0.3) is 5.91 Å². The molecular formula is C27H28N2O3. The van der Waals surface area contributed by atoms with Crippen LogP contribution in [-0.2, 0) is 13.1 Å². The molecule has 32 heavy (non-hydrogen) atoms. The van der Waals surface area contributed by atoms with E-state index in [1.165, 1.54) is 5.56 Å². The van der Waals surface area contributed by atoms with Gasteiger partial charge in [0.1, 0.15) is 0 Å². The van der Waals surface area contributed by atoms with Crippen molar-refractivity contribution in [3.8, 4) is 0 Å². The summed E-state index contributed by atoms with van der Waals surface area (Å²) >= 11 is 0. The van der Waals surface area contributed by atoms with E-state index < -0.39 is 0 Å². The van der Waals surface area contributed by atoms with Gasteiger partial charge in [0.2, 0.25) is 0 Å². The number of ketones is 1. The highest BCUT2D eigenvalue weighted by Crippen LogP contribution is 2.16. The Balaban J connectivity index is 1.36. The molecule has 0 aliphatic carbocycles. The number of carbonyl (C=O) groups is 2. The van der Waals surface area contributed by atoms with Crippen LogP contribution in [0, 0.1) is 0 Å². The fraction of sp³-hybridized carbons (Fsp3) is 0.259. The average Bonchev–Trinajstić information content (AvgIpc) is 2.85. The number of carbonyl (C=O) groups excluding carboxylic acids is 2. The first-order valence-corrected chi connectivity index (χ1v) is 11.1. The lowest BCUT2D eigenvalue weighted by Crippen LogP contribution is -2.35. The largest absolute Gasteiger partial charge is 0.393 e. The number of nitrogens with one attached hydrogen (secondary N) is 1. The number of aliphatic hydroxyl groups excluding tert-OH is 1. The van der Waals surface area contributed by atoms with Crippen LogP contribution in [-0.4, -0.2) is 40.9 Å². The molecule has 5 nitrogen and oxygen atoms in total. The van der Waals surface area contributed by atoms with E-state index in [1.54, 1.807) is 36.4 Å². The zero-order valence-corrected chi connectivity index (χ0v) is 18.0. The van der Waals surface area contributed by atoms with E-state index in [2.05, 4.69) is 22.3 Å². The number of aliphatic hydroxyl groups is 1. The molecule has 3 aromatic rings. The zero-order valence-electron chi connectivity index (χ0n) is 18.0. The highest BCUT2D eigenvalue weighted by Gasteiger charge is 2.18. The van der Waals surface area contributed by atoms with E-state index >= 15 is 0 Å². The number of amides is 1. The van der Waals surface area contributed by atoms with Crippen LogP contribution in [0.2, 0.25) is 0 Å². The Labute approximate surface area is 188 Å². The zero-order chi connectivity index (χ0) is 22.3. The van der Waals surface area contributed by atoms with Gasteiger partial charge >= 0.3 is 0 Å². The maximum absolute atomic E-state index is 12.9. The van der Waals surface area contributed by atoms with Crippen LogP contribution in [0.15, 0.2) is 78.9 Å². The van der Waals surface area contributed by atoms with Gasteiger partial charge in [0.15, 0.2) is 5.78 Å². The van der Waals surface area contributed by atoms with Crippen LogP contribution in [0.25, 0.3) is 0 Å². The number of nitrogens with zero attached hydrogens (tertiary/aromatic N) is 1. The van der Waals surface area contributed by atoms with Gasteiger partial charge < -0.3 is 10.4 Å². The van der Waals surface area contributed by atoms with Crippen molar-refractivity contribution in [2.24, 2.45) is 0 Å². The third-order valence-electron chi connectivity index (χ3n) is 5.89. The highest BCUT2D eigenvalue weighted by atomic mass is 16.3. The SMILES string of the molecule is O=C(NCc1ccc(CN2CCC(O)CC2)cc1)c1ccccc1C(=O)c1ccccc1. The molecule has 0 saturated carbocycles. The molecule has 1 heterocycles. The fourth-order valence-electron chi connectivity index (χ4n) is 4.00. The van der Waals surface area contributed by atoms with Gasteiger partial charge in [-0.05, 0) is 30.0 Å². The smallest absolute Gasteiger partial charge is 0.252 e. The molecule has 1 fully saturated rings. The Bertz CT molecular complexity index is 1060. The number of rotatable bonds is 7. The summed E-state index contributed by atoms with van der Waals surface area (Å²) in [4.78, 5) is 28.1. The average molecular weight is 429 g/mol. The standard InChI is InChI=1S/C27H28N2O3/c30-23-14-16-29(17-15-23)19-21-12-10-20(11-13-21)18-28-27(32)25-9-5-4-8-24(25)26(31)22-6-2-1-3-7-22/h1-13,23,30H,14-19H2,(H,28,32). The van der Waals surface area contributed by atoms with Gasteiger partial charge in [-0.1, -0.05) is 72.8 Å². The first-order chi connectivity index (χ1) is 15.6. The number of hydrogen-bond donors (Lipinski definition) is 2. The Hall–Kier alpha value is -3.28. The minimum atomic E-state index is -0.263. The number of hydrogen-bond acceptors (Lipinski definition) is 4. The molecule has 0 radical (unpaired) electrons. The van der Waals surface area contributed by atoms with E-state index in [4.69, 9.17) is 0 Å². The summed E-state index contributed by atoms with van der Waals surface area (Å²) in [6.07, 6.45) is 1.50. The van der Waals surface area contributed by atoms with Crippen LogP contribution in [0.1, 0.15) is 50.2 Å². The molecule has 4 rings (SSSR count). The minimum absolute atomic E-state index is 0.161. The van der Waals surface area contributed by atoms with Gasteiger partial charge in [0, 0.05) is 37.3 Å². The van der Waals surface area contributed by atoms with E-state index in [1.807, 2.05) is 30.3 Å².